The van der Waals surface area contributed by atoms with E-state index in [9.17, 15) is 14.3 Å². The minimum absolute atomic E-state index is 0.0856. The van der Waals surface area contributed by atoms with Crippen molar-refractivity contribution in [3.63, 3.8) is 0 Å². The summed E-state index contributed by atoms with van der Waals surface area (Å²) in [5.74, 6) is -0.324. The van der Waals surface area contributed by atoms with Crippen molar-refractivity contribution >= 4 is 13.8 Å². The Kier molecular flexibility index (Phi) is 37.7. The summed E-state index contributed by atoms with van der Waals surface area (Å²) >= 11 is 0. The average Bonchev–Trinajstić information content (AvgIpc) is 3.12. The molecule has 0 rings (SSSR count). The van der Waals surface area contributed by atoms with Gasteiger partial charge >= 0.3 is 13.8 Å². The maximum Gasteiger partial charge on any atom is 0.472 e. The first-order valence-electron chi connectivity index (χ1n) is 22.2. The van der Waals surface area contributed by atoms with Crippen molar-refractivity contribution in [1.29, 1.82) is 0 Å². The van der Waals surface area contributed by atoms with Crippen LogP contribution in [0, 0.1) is 0 Å². The fraction of sp³-hybridized carbons (Fsp3) is 0.844. The lowest BCUT2D eigenvalue weighted by molar-refractivity contribution is -0.870. The molecule has 0 saturated heterocycles. The van der Waals surface area contributed by atoms with Crippen LogP contribution < -0.4 is 0 Å². The smallest absolute Gasteiger partial charge is 0.457 e. The second-order valence-corrected chi connectivity index (χ2v) is 17.5. The van der Waals surface area contributed by atoms with Gasteiger partial charge < -0.3 is 18.9 Å². The molecule has 54 heavy (non-hydrogen) atoms. The van der Waals surface area contributed by atoms with E-state index in [2.05, 4.69) is 50.3 Å². The molecule has 0 heterocycles. The van der Waals surface area contributed by atoms with Crippen LogP contribution in [0.15, 0.2) is 36.5 Å². The summed E-state index contributed by atoms with van der Waals surface area (Å²) < 4.78 is 35.0. The van der Waals surface area contributed by atoms with Gasteiger partial charge in [-0.25, -0.2) is 4.57 Å². The van der Waals surface area contributed by atoms with E-state index in [1.54, 1.807) is 0 Å². The molecule has 318 valence electrons. The molecule has 1 N–H and O–H groups in total. The Morgan fingerprint density at radius 3 is 1.52 bits per heavy atom. The van der Waals surface area contributed by atoms with Gasteiger partial charge in [0.1, 0.15) is 19.3 Å². The third kappa shape index (κ3) is 41.9. The Labute approximate surface area is 334 Å². The molecular weight excluding hydrogens is 697 g/mol. The van der Waals surface area contributed by atoms with Gasteiger partial charge in [-0.2, -0.15) is 0 Å². The topological polar surface area (TPSA) is 91.3 Å². The SMILES string of the molecule is CCCCCC/C=C\C/C=C\CCCCCCCCCC(=O)OC(COCCCCCCCC/C=C\CCCCCC)COP(=O)(O)OCC[N+](C)(C)C. The molecule has 9 heteroatoms. The molecule has 0 bridgehead atoms. The average molecular weight is 785 g/mol. The standard InChI is InChI=1S/C45H86NO7P/c1-6-8-10-12-14-16-18-20-22-23-24-25-26-28-30-32-34-36-38-45(47)53-44(43-52-54(48,49)51-41-39-46(3,4)5)42-50-40-37-35-33-31-29-27-21-19-17-15-13-11-9-7-2/h16-19,22-23,44H,6-15,20-21,24-43H2,1-5H3/p+1/b18-16-,19-17-,23-22-. The highest BCUT2D eigenvalue weighted by atomic mass is 31.2. The normalized spacial score (nSPS) is 14.1. The highest BCUT2D eigenvalue weighted by Gasteiger charge is 2.26. The maximum atomic E-state index is 12.7. The van der Waals surface area contributed by atoms with E-state index in [0.717, 1.165) is 44.9 Å². The first-order chi connectivity index (χ1) is 26.1. The number of carbonyl (C=O) groups is 1. The van der Waals surface area contributed by atoms with Crippen molar-refractivity contribution < 1.29 is 37.3 Å². The van der Waals surface area contributed by atoms with Crippen molar-refractivity contribution in [1.82, 2.24) is 0 Å². The Balaban J connectivity index is 4.25. The number of phosphoric ester groups is 1. The first kappa shape index (κ1) is 52.7. The number of carbonyl (C=O) groups excluding carboxylic acids is 1. The lowest BCUT2D eigenvalue weighted by atomic mass is 10.1. The number of hydrogen-bond donors (Lipinski definition) is 1. The molecule has 0 saturated carbocycles. The van der Waals surface area contributed by atoms with Crippen LogP contribution in [-0.2, 0) is 27.9 Å². The number of esters is 1. The van der Waals surface area contributed by atoms with Gasteiger partial charge in [0.05, 0.1) is 34.4 Å². The number of allylic oxidation sites excluding steroid dienone is 6. The zero-order chi connectivity index (χ0) is 39.9. The van der Waals surface area contributed by atoms with Crippen molar-refractivity contribution in [3.8, 4) is 0 Å². The van der Waals surface area contributed by atoms with Crippen LogP contribution in [0.5, 0.6) is 0 Å². The van der Waals surface area contributed by atoms with Gasteiger partial charge in [0, 0.05) is 13.0 Å². The highest BCUT2D eigenvalue weighted by Crippen LogP contribution is 2.43. The van der Waals surface area contributed by atoms with Gasteiger partial charge in [-0.3, -0.25) is 13.8 Å². The number of likely N-dealkylation sites (N-methyl/N-ethyl adjacent to an activating group) is 1. The Bertz CT molecular complexity index is 962. The summed E-state index contributed by atoms with van der Waals surface area (Å²) in [6, 6.07) is 0. The van der Waals surface area contributed by atoms with Gasteiger partial charge in [0.2, 0.25) is 0 Å². The first-order valence-corrected chi connectivity index (χ1v) is 23.7. The number of hydrogen-bond acceptors (Lipinski definition) is 6. The van der Waals surface area contributed by atoms with Crippen molar-refractivity contribution in [2.45, 2.75) is 193 Å². The number of ether oxygens (including phenoxy) is 2. The predicted octanol–water partition coefficient (Wildman–Crippen LogP) is 13.0. The third-order valence-corrected chi connectivity index (χ3v) is 10.4. The van der Waals surface area contributed by atoms with Gasteiger partial charge in [0.15, 0.2) is 0 Å². The number of quaternary nitrogens is 1. The van der Waals surface area contributed by atoms with Gasteiger partial charge in [0.25, 0.3) is 0 Å². The molecule has 0 amide bonds. The minimum Gasteiger partial charge on any atom is -0.457 e. The molecular formula is C45H87NO7P+. The minimum atomic E-state index is -4.28. The molecule has 0 fully saturated rings. The van der Waals surface area contributed by atoms with Crippen molar-refractivity contribution in [2.24, 2.45) is 0 Å². The van der Waals surface area contributed by atoms with Gasteiger partial charge in [-0.05, 0) is 70.6 Å². The Morgan fingerprint density at radius 1 is 0.574 bits per heavy atom. The summed E-state index contributed by atoms with van der Waals surface area (Å²) in [7, 11) is 1.66. The lowest BCUT2D eigenvalue weighted by Gasteiger charge is -2.24. The highest BCUT2D eigenvalue weighted by molar-refractivity contribution is 7.47. The van der Waals surface area contributed by atoms with E-state index in [0.29, 0.717) is 24.1 Å². The van der Waals surface area contributed by atoms with E-state index in [4.69, 9.17) is 18.5 Å². The Hall–Kier alpha value is -1.28. The largest absolute Gasteiger partial charge is 0.472 e. The molecule has 0 aliphatic heterocycles. The molecule has 0 radical (unpaired) electrons. The van der Waals surface area contributed by atoms with Crippen LogP contribution >= 0.6 is 7.82 Å². The monoisotopic (exact) mass is 785 g/mol. The number of unbranched alkanes of at least 4 members (excludes halogenated alkanes) is 21. The van der Waals surface area contributed by atoms with Crippen molar-refractivity contribution in [2.75, 3.05) is 54.1 Å². The number of phosphoric acid groups is 1. The molecule has 2 atom stereocenters. The zero-order valence-electron chi connectivity index (χ0n) is 36.0. The quantitative estimate of drug-likeness (QED) is 0.0217. The Morgan fingerprint density at radius 2 is 1.02 bits per heavy atom. The van der Waals surface area contributed by atoms with Crippen LogP contribution in [0.25, 0.3) is 0 Å². The molecule has 8 nitrogen and oxygen atoms in total. The van der Waals surface area contributed by atoms with E-state index < -0.39 is 13.9 Å². The van der Waals surface area contributed by atoms with Crippen LogP contribution in [0.4, 0.5) is 0 Å². The summed E-state index contributed by atoms with van der Waals surface area (Å²) in [4.78, 5) is 22.9. The summed E-state index contributed by atoms with van der Waals surface area (Å²) in [6.07, 6.45) is 44.5. The molecule has 0 aromatic rings. The second kappa shape index (κ2) is 38.6. The molecule has 0 aliphatic carbocycles. The zero-order valence-corrected chi connectivity index (χ0v) is 36.9. The molecule has 2 unspecified atom stereocenters. The van der Waals surface area contributed by atoms with E-state index in [1.165, 1.54) is 122 Å². The number of rotatable bonds is 41. The molecule has 0 aromatic heterocycles. The molecule has 0 aromatic carbocycles. The second-order valence-electron chi connectivity index (χ2n) is 16.1. The summed E-state index contributed by atoms with van der Waals surface area (Å²) in [5.41, 5.74) is 0. The van der Waals surface area contributed by atoms with Crippen molar-refractivity contribution in [3.05, 3.63) is 36.5 Å². The third-order valence-electron chi connectivity index (χ3n) is 9.42. The van der Waals surface area contributed by atoms with E-state index >= 15 is 0 Å². The molecule has 0 aliphatic rings. The van der Waals surface area contributed by atoms with Gasteiger partial charge in [-0.15, -0.1) is 0 Å². The maximum absolute atomic E-state index is 12.7. The fourth-order valence-corrected chi connectivity index (χ4v) is 6.67. The van der Waals surface area contributed by atoms with Gasteiger partial charge in [-0.1, -0.05) is 147 Å². The summed E-state index contributed by atoms with van der Waals surface area (Å²) in [5, 5.41) is 0. The predicted molar refractivity (Wildman–Crippen MR) is 229 cm³/mol. The number of nitrogens with zero attached hydrogens (tertiary/aromatic N) is 1. The van der Waals surface area contributed by atoms with E-state index in [1.807, 2.05) is 21.1 Å². The summed E-state index contributed by atoms with van der Waals surface area (Å²) in [6.45, 7) is 5.58. The molecule has 0 spiro atoms. The van der Waals surface area contributed by atoms with E-state index in [-0.39, 0.29) is 25.8 Å². The van der Waals surface area contributed by atoms with Crippen LogP contribution in [0.2, 0.25) is 0 Å². The fourth-order valence-electron chi connectivity index (χ4n) is 5.93. The van der Waals surface area contributed by atoms with Crippen LogP contribution in [-0.4, -0.2) is 75.6 Å². The van der Waals surface area contributed by atoms with Crippen LogP contribution in [0.1, 0.15) is 187 Å². The van der Waals surface area contributed by atoms with Crippen LogP contribution in [0.3, 0.4) is 0 Å². The lowest BCUT2D eigenvalue weighted by Crippen LogP contribution is -2.37.